The topological polar surface area (TPSA) is 139 Å². The molecule has 0 aliphatic carbocycles. The maximum absolute atomic E-state index is 12.6. The lowest BCUT2D eigenvalue weighted by Crippen LogP contribution is -2.30. The number of pyridine rings is 1. The molecule has 1 atom stereocenters. The third-order valence-corrected chi connectivity index (χ3v) is 4.95. The molecule has 11 heteroatoms. The number of aromatic amines is 1. The number of anilines is 1. The first-order valence-corrected chi connectivity index (χ1v) is 10.2. The Kier molecular flexibility index (Phi) is 6.31. The molecule has 11 nitrogen and oxygen atoms in total. The van der Waals surface area contributed by atoms with E-state index in [1.807, 2.05) is 31.2 Å². The number of imidazole rings is 1. The Morgan fingerprint density at radius 1 is 1.21 bits per heavy atom. The van der Waals surface area contributed by atoms with Crippen LogP contribution in [-0.4, -0.2) is 48.1 Å². The first kappa shape index (κ1) is 22.0. The van der Waals surface area contributed by atoms with E-state index in [9.17, 15) is 14.7 Å². The van der Waals surface area contributed by atoms with Gasteiger partial charge in [0.2, 0.25) is 5.95 Å². The number of hydrogen-bond acceptors (Lipinski definition) is 8. The molecular weight excluding hydrogens is 426 g/mol. The van der Waals surface area contributed by atoms with Crippen molar-refractivity contribution < 1.29 is 9.84 Å². The van der Waals surface area contributed by atoms with Crippen LogP contribution in [0.15, 0.2) is 63.5 Å². The first-order valence-electron chi connectivity index (χ1n) is 10.2. The molecule has 4 rings (SSSR count). The van der Waals surface area contributed by atoms with Crippen molar-refractivity contribution >= 4 is 23.3 Å². The number of aliphatic hydroxyl groups is 1. The molecular formula is C22H23N7O4. The van der Waals surface area contributed by atoms with E-state index < -0.39 is 17.4 Å². The average Bonchev–Trinajstić information content (AvgIpc) is 3.16. The largest absolute Gasteiger partial charge is 0.491 e. The quantitative estimate of drug-likeness (QED) is 0.269. The zero-order valence-electron chi connectivity index (χ0n) is 18.1. The van der Waals surface area contributed by atoms with Crippen LogP contribution in [0.3, 0.4) is 0 Å². The summed E-state index contributed by atoms with van der Waals surface area (Å²) in [6, 6.07) is 11.0. The number of aromatic nitrogens is 5. The summed E-state index contributed by atoms with van der Waals surface area (Å²) in [5.41, 5.74) is 3.79. The van der Waals surface area contributed by atoms with E-state index >= 15 is 0 Å². The highest BCUT2D eigenvalue weighted by Crippen LogP contribution is 2.17. The zero-order chi connectivity index (χ0) is 23.4. The number of benzene rings is 1. The van der Waals surface area contributed by atoms with Crippen molar-refractivity contribution in [3.63, 3.8) is 0 Å². The number of fused-ring (bicyclic) bond motifs is 1. The predicted molar refractivity (Wildman–Crippen MR) is 124 cm³/mol. The second-order valence-corrected chi connectivity index (χ2v) is 7.46. The van der Waals surface area contributed by atoms with Gasteiger partial charge in [-0.05, 0) is 36.8 Å². The van der Waals surface area contributed by atoms with Crippen LogP contribution in [0, 0.1) is 6.92 Å². The monoisotopic (exact) mass is 449 g/mol. The third-order valence-electron chi connectivity index (χ3n) is 4.95. The van der Waals surface area contributed by atoms with Crippen LogP contribution in [0.5, 0.6) is 5.75 Å². The highest BCUT2D eigenvalue weighted by Gasteiger charge is 2.20. The molecule has 0 saturated carbocycles. The summed E-state index contributed by atoms with van der Waals surface area (Å²) in [5.74, 6) is 0.812. The normalized spacial score (nSPS) is 12.3. The van der Waals surface area contributed by atoms with Gasteiger partial charge in [-0.15, -0.1) is 0 Å². The van der Waals surface area contributed by atoms with Crippen LogP contribution in [0.25, 0.3) is 11.2 Å². The fraction of sp³-hybridized carbons (Fsp3) is 0.227. The number of nitrogens with one attached hydrogen (secondary N) is 2. The van der Waals surface area contributed by atoms with E-state index in [2.05, 4.69) is 25.5 Å². The third kappa shape index (κ3) is 4.99. The Labute approximate surface area is 188 Å². The molecule has 0 aliphatic rings. The molecule has 3 N–H and O–H groups in total. The highest BCUT2D eigenvalue weighted by molar-refractivity contribution is 5.80. The molecule has 0 radical (unpaired) electrons. The van der Waals surface area contributed by atoms with Crippen LogP contribution >= 0.6 is 0 Å². The molecule has 0 amide bonds. The number of hydrazone groups is 1. The lowest BCUT2D eigenvalue weighted by Gasteiger charge is -2.15. The molecule has 0 bridgehead atoms. The van der Waals surface area contributed by atoms with Crippen molar-refractivity contribution in [1.29, 1.82) is 0 Å². The summed E-state index contributed by atoms with van der Waals surface area (Å²) in [6.07, 6.45) is 3.86. The average molecular weight is 449 g/mol. The van der Waals surface area contributed by atoms with Crippen molar-refractivity contribution in [3.05, 3.63) is 80.8 Å². The maximum atomic E-state index is 12.6. The Morgan fingerprint density at radius 2 is 1.94 bits per heavy atom. The summed E-state index contributed by atoms with van der Waals surface area (Å²) >= 11 is 0. The van der Waals surface area contributed by atoms with Gasteiger partial charge in [-0.3, -0.25) is 19.3 Å². The van der Waals surface area contributed by atoms with Gasteiger partial charge < -0.3 is 14.4 Å². The van der Waals surface area contributed by atoms with E-state index in [1.165, 1.54) is 16.2 Å². The van der Waals surface area contributed by atoms with Gasteiger partial charge in [0.05, 0.1) is 12.8 Å². The Bertz CT molecular complexity index is 1390. The molecule has 1 aromatic carbocycles. The van der Waals surface area contributed by atoms with Crippen molar-refractivity contribution in [2.24, 2.45) is 12.1 Å². The van der Waals surface area contributed by atoms with E-state index in [1.54, 1.807) is 30.7 Å². The molecule has 4 aromatic rings. The minimum Gasteiger partial charge on any atom is -0.491 e. The van der Waals surface area contributed by atoms with Gasteiger partial charge in [0.15, 0.2) is 11.2 Å². The van der Waals surface area contributed by atoms with E-state index in [0.29, 0.717) is 5.75 Å². The van der Waals surface area contributed by atoms with Gasteiger partial charge >= 0.3 is 5.69 Å². The number of hydrogen-bond donors (Lipinski definition) is 3. The zero-order valence-corrected chi connectivity index (χ0v) is 18.1. The van der Waals surface area contributed by atoms with Crippen LogP contribution in [0.1, 0.15) is 11.1 Å². The van der Waals surface area contributed by atoms with Crippen molar-refractivity contribution in [3.8, 4) is 5.75 Å². The predicted octanol–water partition coefficient (Wildman–Crippen LogP) is 1.01. The fourth-order valence-corrected chi connectivity index (χ4v) is 3.20. The summed E-state index contributed by atoms with van der Waals surface area (Å²) < 4.78 is 8.35. The van der Waals surface area contributed by atoms with Gasteiger partial charge in [0.25, 0.3) is 5.56 Å². The second kappa shape index (κ2) is 9.49. The highest BCUT2D eigenvalue weighted by atomic mass is 16.5. The van der Waals surface area contributed by atoms with Gasteiger partial charge in [-0.25, -0.2) is 10.2 Å². The summed E-state index contributed by atoms with van der Waals surface area (Å²) in [5, 5.41) is 14.8. The van der Waals surface area contributed by atoms with Crippen LogP contribution in [0.2, 0.25) is 0 Å². The summed E-state index contributed by atoms with van der Waals surface area (Å²) in [7, 11) is 1.50. The lowest BCUT2D eigenvalue weighted by molar-refractivity contribution is 0.0938. The van der Waals surface area contributed by atoms with Gasteiger partial charge in [0.1, 0.15) is 18.5 Å². The lowest BCUT2D eigenvalue weighted by atomic mass is 10.2. The number of ether oxygens (including phenoxy) is 1. The van der Waals surface area contributed by atoms with Crippen molar-refractivity contribution in [1.82, 2.24) is 24.1 Å². The van der Waals surface area contributed by atoms with Crippen LogP contribution in [0.4, 0.5) is 5.95 Å². The van der Waals surface area contributed by atoms with Crippen molar-refractivity contribution in [2.75, 3.05) is 12.0 Å². The van der Waals surface area contributed by atoms with Gasteiger partial charge in [-0.2, -0.15) is 10.1 Å². The Balaban J connectivity index is 1.61. The molecule has 0 spiro atoms. The smallest absolute Gasteiger partial charge is 0.329 e. The number of nitrogens with zero attached hydrogens (tertiary/aromatic N) is 5. The van der Waals surface area contributed by atoms with Crippen LogP contribution in [-0.2, 0) is 13.6 Å². The number of rotatable bonds is 8. The van der Waals surface area contributed by atoms with Gasteiger partial charge in [-0.1, -0.05) is 17.7 Å². The van der Waals surface area contributed by atoms with E-state index in [-0.39, 0.29) is 30.3 Å². The van der Waals surface area contributed by atoms with E-state index in [0.717, 1.165) is 11.1 Å². The molecule has 3 aromatic heterocycles. The van der Waals surface area contributed by atoms with Crippen LogP contribution < -0.4 is 21.4 Å². The molecule has 0 unspecified atom stereocenters. The minimum absolute atomic E-state index is 0.00781. The SMILES string of the molecule is Cc1ccc(OC[C@@H](O)Cn2c(N/N=C\c3ccncc3)nc3c2c(=O)[nH]c(=O)n3C)cc1. The molecule has 0 fully saturated rings. The minimum atomic E-state index is -0.968. The molecule has 3 heterocycles. The molecule has 0 aliphatic heterocycles. The van der Waals surface area contributed by atoms with Crippen molar-refractivity contribution in [2.45, 2.75) is 19.6 Å². The Hall–Kier alpha value is -4.25. The number of aryl methyl sites for hydroxylation is 2. The molecule has 170 valence electrons. The standard InChI is InChI=1S/C22H23N7O4/c1-14-3-5-17(6-4-14)33-13-16(30)12-29-18-19(28(2)22(32)26-20(18)31)25-21(29)27-24-11-15-7-9-23-10-8-15/h3-11,16,30H,12-13H2,1-2H3,(H,25,27)(H,26,31,32)/b24-11-/t16-/m0/s1. The molecule has 33 heavy (non-hydrogen) atoms. The number of H-pyrrole nitrogens is 1. The Morgan fingerprint density at radius 3 is 2.67 bits per heavy atom. The van der Waals surface area contributed by atoms with Gasteiger partial charge in [0, 0.05) is 19.4 Å². The summed E-state index contributed by atoms with van der Waals surface area (Å²) in [6.45, 7) is 1.95. The second-order valence-electron chi connectivity index (χ2n) is 7.46. The maximum Gasteiger partial charge on any atom is 0.329 e. The van der Waals surface area contributed by atoms with E-state index in [4.69, 9.17) is 4.74 Å². The molecule has 0 saturated heterocycles. The fourth-order valence-electron chi connectivity index (χ4n) is 3.20. The number of aliphatic hydroxyl groups excluding tert-OH is 1. The first-order chi connectivity index (χ1) is 15.9. The summed E-state index contributed by atoms with van der Waals surface area (Å²) in [4.78, 5) is 35.1.